The summed E-state index contributed by atoms with van der Waals surface area (Å²) in [7, 11) is 0. The molecule has 0 saturated heterocycles. The van der Waals surface area contributed by atoms with Gasteiger partial charge in [0, 0.05) is 6.54 Å². The maximum Gasteiger partial charge on any atom is 0.148 e. The number of hydrogen-bond donors (Lipinski definition) is 1. The average molecular weight is 340 g/mol. The zero-order valence-electron chi connectivity index (χ0n) is 11.2. The van der Waals surface area contributed by atoms with Crippen LogP contribution in [0.25, 0.3) is 11.1 Å². The molecule has 0 fully saturated rings. The summed E-state index contributed by atoms with van der Waals surface area (Å²) in [6.07, 6.45) is 1.08. The van der Waals surface area contributed by atoms with E-state index in [-0.39, 0.29) is 10.0 Å². The lowest BCUT2D eigenvalue weighted by Crippen LogP contribution is -2.13. The van der Waals surface area contributed by atoms with E-state index in [1.165, 1.54) is 12.1 Å². The molecule has 0 atom stereocenters. The summed E-state index contributed by atoms with van der Waals surface area (Å²) in [5.74, 6) is -1.12. The first-order valence-electron chi connectivity index (χ1n) is 6.57. The van der Waals surface area contributed by atoms with E-state index < -0.39 is 11.6 Å². The molecule has 0 radical (unpaired) electrons. The van der Waals surface area contributed by atoms with E-state index in [2.05, 4.69) is 28.2 Å². The van der Waals surface area contributed by atoms with Gasteiger partial charge in [0.15, 0.2) is 0 Å². The van der Waals surface area contributed by atoms with E-state index in [0.717, 1.165) is 25.1 Å². The molecule has 0 aliphatic carbocycles. The summed E-state index contributed by atoms with van der Waals surface area (Å²) in [6, 6.07) is 9.90. The van der Waals surface area contributed by atoms with Gasteiger partial charge in [-0.25, -0.2) is 8.78 Å². The summed E-state index contributed by atoms with van der Waals surface area (Å²) in [5.41, 5.74) is 1.64. The van der Waals surface area contributed by atoms with Crippen LogP contribution in [-0.2, 0) is 6.54 Å². The van der Waals surface area contributed by atoms with Gasteiger partial charge in [-0.2, -0.15) is 0 Å². The highest BCUT2D eigenvalue weighted by Crippen LogP contribution is 2.30. The molecule has 2 rings (SSSR count). The van der Waals surface area contributed by atoms with Crippen molar-refractivity contribution in [3.05, 3.63) is 58.1 Å². The van der Waals surface area contributed by atoms with Crippen molar-refractivity contribution in [2.45, 2.75) is 19.9 Å². The molecule has 20 heavy (non-hydrogen) atoms. The third-order valence-electron chi connectivity index (χ3n) is 3.04. The Morgan fingerprint density at radius 2 is 1.75 bits per heavy atom. The lowest BCUT2D eigenvalue weighted by molar-refractivity contribution is 0.585. The summed E-state index contributed by atoms with van der Waals surface area (Å²) in [6.45, 7) is 3.82. The van der Waals surface area contributed by atoms with E-state index >= 15 is 0 Å². The Morgan fingerprint density at radius 3 is 2.40 bits per heavy atom. The van der Waals surface area contributed by atoms with Gasteiger partial charge in [-0.1, -0.05) is 31.2 Å². The van der Waals surface area contributed by atoms with Gasteiger partial charge in [0.25, 0.3) is 0 Å². The van der Waals surface area contributed by atoms with Crippen molar-refractivity contribution in [2.75, 3.05) is 6.54 Å². The van der Waals surface area contributed by atoms with Crippen molar-refractivity contribution in [2.24, 2.45) is 0 Å². The zero-order chi connectivity index (χ0) is 14.5. The molecule has 0 aromatic heterocycles. The summed E-state index contributed by atoms with van der Waals surface area (Å²) in [5, 5.41) is 3.29. The smallest absolute Gasteiger partial charge is 0.148 e. The Hall–Kier alpha value is -1.26. The molecule has 4 heteroatoms. The third kappa shape index (κ3) is 3.44. The van der Waals surface area contributed by atoms with Gasteiger partial charge in [-0.15, -0.1) is 0 Å². The highest BCUT2D eigenvalue weighted by molar-refractivity contribution is 9.10. The molecule has 0 saturated carbocycles. The van der Waals surface area contributed by atoms with Crippen molar-refractivity contribution in [1.82, 2.24) is 5.32 Å². The number of hydrogen-bond acceptors (Lipinski definition) is 1. The van der Waals surface area contributed by atoms with E-state index in [1.54, 1.807) is 12.1 Å². The molecular formula is C16H16BrF2N. The fraction of sp³-hybridized carbons (Fsp3) is 0.250. The van der Waals surface area contributed by atoms with E-state index in [9.17, 15) is 8.78 Å². The largest absolute Gasteiger partial charge is 0.313 e. The Bertz CT molecular complexity index is 582. The Kier molecular flexibility index (Phi) is 5.26. The predicted octanol–water partition coefficient (Wildman–Crippen LogP) is 4.89. The SMILES string of the molecule is CCCNCc1ccc(-c2c(F)ccc(Br)c2F)cc1. The molecular weight excluding hydrogens is 324 g/mol. The van der Waals surface area contributed by atoms with Gasteiger partial charge < -0.3 is 5.32 Å². The van der Waals surface area contributed by atoms with Gasteiger partial charge in [0.1, 0.15) is 11.6 Å². The van der Waals surface area contributed by atoms with Crippen molar-refractivity contribution in [3.8, 4) is 11.1 Å². The lowest BCUT2D eigenvalue weighted by atomic mass is 10.0. The number of benzene rings is 2. The molecule has 1 nitrogen and oxygen atoms in total. The zero-order valence-corrected chi connectivity index (χ0v) is 12.8. The molecule has 0 spiro atoms. The fourth-order valence-electron chi connectivity index (χ4n) is 1.99. The second-order valence-electron chi connectivity index (χ2n) is 4.59. The van der Waals surface area contributed by atoms with Crippen LogP contribution in [0.3, 0.4) is 0 Å². The van der Waals surface area contributed by atoms with Crippen LogP contribution >= 0.6 is 15.9 Å². The van der Waals surface area contributed by atoms with Crippen molar-refractivity contribution in [3.63, 3.8) is 0 Å². The van der Waals surface area contributed by atoms with Gasteiger partial charge >= 0.3 is 0 Å². The fourth-order valence-corrected chi connectivity index (χ4v) is 2.32. The Balaban J connectivity index is 2.24. The van der Waals surface area contributed by atoms with Crippen LogP contribution in [0.15, 0.2) is 40.9 Å². The minimum absolute atomic E-state index is 0.00689. The standard InChI is InChI=1S/C16H16BrF2N/c1-2-9-20-10-11-3-5-12(6-4-11)15-14(18)8-7-13(17)16(15)19/h3-8,20H,2,9-10H2,1H3. The molecule has 0 unspecified atom stereocenters. The number of nitrogens with one attached hydrogen (secondary N) is 1. The van der Waals surface area contributed by atoms with Gasteiger partial charge in [0.2, 0.25) is 0 Å². The summed E-state index contributed by atoms with van der Waals surface area (Å²) < 4.78 is 28.1. The van der Waals surface area contributed by atoms with Crippen LogP contribution in [0.1, 0.15) is 18.9 Å². The first kappa shape index (κ1) is 15.1. The minimum Gasteiger partial charge on any atom is -0.313 e. The maximum atomic E-state index is 14.0. The molecule has 0 bridgehead atoms. The average Bonchev–Trinajstić information content (AvgIpc) is 2.45. The van der Waals surface area contributed by atoms with Gasteiger partial charge in [0.05, 0.1) is 10.0 Å². The van der Waals surface area contributed by atoms with Gasteiger partial charge in [-0.05, 0) is 52.2 Å². The molecule has 2 aromatic carbocycles. The first-order chi connectivity index (χ1) is 9.63. The normalized spacial score (nSPS) is 10.8. The molecule has 1 N–H and O–H groups in total. The predicted molar refractivity (Wildman–Crippen MR) is 81.5 cm³/mol. The second-order valence-corrected chi connectivity index (χ2v) is 5.45. The van der Waals surface area contributed by atoms with E-state index in [4.69, 9.17) is 0 Å². The van der Waals surface area contributed by atoms with Crippen LogP contribution in [0.4, 0.5) is 8.78 Å². The Morgan fingerprint density at radius 1 is 1.05 bits per heavy atom. The maximum absolute atomic E-state index is 14.0. The first-order valence-corrected chi connectivity index (χ1v) is 7.36. The van der Waals surface area contributed by atoms with Crippen LogP contribution in [0.5, 0.6) is 0 Å². The molecule has 2 aromatic rings. The molecule has 0 heterocycles. The highest BCUT2D eigenvalue weighted by atomic mass is 79.9. The quantitative estimate of drug-likeness (QED) is 0.603. The second kappa shape index (κ2) is 6.95. The minimum atomic E-state index is -0.568. The molecule has 106 valence electrons. The Labute approximate surface area is 126 Å². The van der Waals surface area contributed by atoms with E-state index in [1.807, 2.05) is 12.1 Å². The number of rotatable bonds is 5. The topological polar surface area (TPSA) is 12.0 Å². The molecule has 0 aliphatic heterocycles. The van der Waals surface area contributed by atoms with Crippen LogP contribution < -0.4 is 5.32 Å². The lowest BCUT2D eigenvalue weighted by Gasteiger charge is -2.08. The third-order valence-corrected chi connectivity index (χ3v) is 3.65. The summed E-state index contributed by atoms with van der Waals surface area (Å²) >= 11 is 3.08. The summed E-state index contributed by atoms with van der Waals surface area (Å²) in [4.78, 5) is 0. The van der Waals surface area contributed by atoms with E-state index in [0.29, 0.717) is 5.56 Å². The van der Waals surface area contributed by atoms with Crippen molar-refractivity contribution >= 4 is 15.9 Å². The molecule has 0 amide bonds. The van der Waals surface area contributed by atoms with Crippen LogP contribution in [0, 0.1) is 11.6 Å². The van der Waals surface area contributed by atoms with Crippen LogP contribution in [-0.4, -0.2) is 6.54 Å². The monoisotopic (exact) mass is 339 g/mol. The van der Waals surface area contributed by atoms with Crippen LogP contribution in [0.2, 0.25) is 0 Å². The molecule has 0 aliphatic rings. The van der Waals surface area contributed by atoms with Crippen molar-refractivity contribution < 1.29 is 8.78 Å². The van der Waals surface area contributed by atoms with Gasteiger partial charge in [-0.3, -0.25) is 0 Å². The highest BCUT2D eigenvalue weighted by Gasteiger charge is 2.14. The van der Waals surface area contributed by atoms with Crippen molar-refractivity contribution in [1.29, 1.82) is 0 Å². The number of halogens is 3.